The molecule has 0 spiro atoms. The number of hydrogen-bond acceptors (Lipinski definition) is 9. The summed E-state index contributed by atoms with van der Waals surface area (Å²) in [7, 11) is 3.68. The molecule has 184 valence electrons. The third-order valence-electron chi connectivity index (χ3n) is 7.75. The molecular formula is C26H27NO7S. The Hall–Kier alpha value is -2.75. The first kappa shape index (κ1) is 22.7. The molecule has 0 amide bonds. The normalized spacial score (nSPS) is 37.9. The molecule has 1 aromatic heterocycles. The minimum Gasteiger partial charge on any atom is -0.462 e. The van der Waals surface area contributed by atoms with Crippen LogP contribution < -0.4 is 0 Å². The summed E-state index contributed by atoms with van der Waals surface area (Å²) in [6.07, 6.45) is -0.0214. The summed E-state index contributed by atoms with van der Waals surface area (Å²) in [5.41, 5.74) is -0.244. The maximum Gasteiger partial charge on any atom is 0.348 e. The largest absolute Gasteiger partial charge is 0.462 e. The first-order chi connectivity index (χ1) is 16.7. The summed E-state index contributed by atoms with van der Waals surface area (Å²) in [4.78, 5) is 41.2. The average molecular weight is 498 g/mol. The van der Waals surface area contributed by atoms with Gasteiger partial charge in [-0.05, 0) is 44.6 Å². The molecule has 2 fully saturated rings. The summed E-state index contributed by atoms with van der Waals surface area (Å²) < 4.78 is 24.8. The molecule has 1 aromatic carbocycles. The Kier molecular flexibility index (Phi) is 5.11. The quantitative estimate of drug-likeness (QED) is 0.363. The average Bonchev–Trinajstić information content (AvgIpc) is 3.08. The number of hydrogen-bond donors (Lipinski definition) is 0. The van der Waals surface area contributed by atoms with Crippen molar-refractivity contribution in [2.45, 2.75) is 56.3 Å². The highest BCUT2D eigenvalue weighted by Crippen LogP contribution is 2.51. The smallest absolute Gasteiger partial charge is 0.348 e. The number of ether oxygens (including phenoxy) is 4. The molecule has 2 aromatic rings. The lowest BCUT2D eigenvalue weighted by atomic mass is 9.79. The third-order valence-corrected chi connectivity index (χ3v) is 8.85. The van der Waals surface area contributed by atoms with Crippen LogP contribution in [0.5, 0.6) is 0 Å². The molecule has 4 aliphatic rings. The zero-order valence-corrected chi connectivity index (χ0v) is 20.7. The zero-order chi connectivity index (χ0) is 24.6. The van der Waals surface area contributed by atoms with Crippen LogP contribution in [0.1, 0.15) is 29.9 Å². The zero-order valence-electron chi connectivity index (χ0n) is 19.9. The number of benzene rings is 1. The van der Waals surface area contributed by atoms with Gasteiger partial charge in [0.1, 0.15) is 23.2 Å². The van der Waals surface area contributed by atoms with Gasteiger partial charge < -0.3 is 18.9 Å². The molecule has 8 nitrogen and oxygen atoms in total. The van der Waals surface area contributed by atoms with E-state index in [9.17, 15) is 14.4 Å². The SMILES string of the molecule is CC1C(=O)OC2CC3(C)OC3C(OC(=O)c3cc4ccccc4s3)C(N(C)C)C3=CC(OC3=O)C21. The van der Waals surface area contributed by atoms with Crippen LogP contribution in [0.3, 0.4) is 0 Å². The standard InChI is InChI=1S/C26H27NO7S/c1-12-19-15-10-14(24(29)31-15)20(27(3)4)21(22-26(2,34-22)11-16(19)32-23(12)28)33-25(30)18-9-13-7-5-6-8-17(13)35-18/h5-10,12,15-16,19-22H,11H2,1-4H3. The molecule has 8 atom stereocenters. The second-order valence-corrected chi connectivity index (χ2v) is 11.4. The molecule has 0 N–H and O–H groups in total. The van der Waals surface area contributed by atoms with Gasteiger partial charge in [-0.1, -0.05) is 25.1 Å². The Balaban J connectivity index is 1.38. The van der Waals surface area contributed by atoms with Gasteiger partial charge in [-0.2, -0.15) is 0 Å². The van der Waals surface area contributed by atoms with Gasteiger partial charge in [-0.15, -0.1) is 11.3 Å². The maximum absolute atomic E-state index is 13.3. The molecule has 0 radical (unpaired) electrons. The van der Waals surface area contributed by atoms with Crippen LogP contribution in [0.15, 0.2) is 42.0 Å². The van der Waals surface area contributed by atoms with Crippen LogP contribution in [0.4, 0.5) is 0 Å². The predicted molar refractivity (Wildman–Crippen MR) is 127 cm³/mol. The summed E-state index contributed by atoms with van der Waals surface area (Å²) in [5, 5.41) is 0.972. The number of nitrogens with zero attached hydrogens (tertiary/aromatic N) is 1. The van der Waals surface area contributed by atoms with E-state index in [1.807, 2.05) is 63.2 Å². The van der Waals surface area contributed by atoms with Crippen LogP contribution in [-0.2, 0) is 28.5 Å². The van der Waals surface area contributed by atoms with Crippen LogP contribution >= 0.6 is 11.3 Å². The predicted octanol–water partition coefficient (Wildman–Crippen LogP) is 2.95. The third kappa shape index (κ3) is 3.59. The molecule has 35 heavy (non-hydrogen) atoms. The van der Waals surface area contributed by atoms with E-state index in [1.54, 1.807) is 6.08 Å². The summed E-state index contributed by atoms with van der Waals surface area (Å²) in [6, 6.07) is 9.03. The number of likely N-dealkylation sites (N-methyl/N-ethyl adjacent to an activating group) is 1. The fourth-order valence-corrected chi connectivity index (χ4v) is 6.85. The second-order valence-electron chi connectivity index (χ2n) is 10.3. The van der Waals surface area contributed by atoms with Gasteiger partial charge in [0.2, 0.25) is 0 Å². The van der Waals surface area contributed by atoms with Crippen molar-refractivity contribution >= 4 is 39.3 Å². The second kappa shape index (κ2) is 7.88. The molecule has 9 heteroatoms. The fourth-order valence-electron chi connectivity index (χ4n) is 5.91. The van der Waals surface area contributed by atoms with Crippen molar-refractivity contribution in [2.24, 2.45) is 11.8 Å². The number of epoxide rings is 1. The van der Waals surface area contributed by atoms with Crippen molar-refractivity contribution in [1.82, 2.24) is 4.90 Å². The van der Waals surface area contributed by atoms with E-state index in [-0.39, 0.29) is 11.9 Å². The van der Waals surface area contributed by atoms with Crippen LogP contribution in [0.25, 0.3) is 10.1 Å². The Morgan fingerprint density at radius 1 is 1.20 bits per heavy atom. The number of fused-ring (bicyclic) bond motifs is 5. The van der Waals surface area contributed by atoms with E-state index in [0.717, 1.165) is 10.1 Å². The van der Waals surface area contributed by atoms with Gasteiger partial charge in [0.25, 0.3) is 0 Å². The maximum atomic E-state index is 13.3. The van der Waals surface area contributed by atoms with E-state index in [0.29, 0.717) is 16.9 Å². The number of rotatable bonds is 3. The lowest BCUT2D eigenvalue weighted by Gasteiger charge is -2.32. The van der Waals surface area contributed by atoms with Gasteiger partial charge in [0, 0.05) is 17.0 Å². The fraction of sp³-hybridized carbons (Fsp3) is 0.500. The molecule has 8 unspecified atom stereocenters. The van der Waals surface area contributed by atoms with Gasteiger partial charge in [-0.25, -0.2) is 9.59 Å². The Labute approximate surface area is 206 Å². The number of carbonyl (C=O) groups excluding carboxylic acids is 3. The van der Waals surface area contributed by atoms with Crippen LogP contribution in [0, 0.1) is 11.8 Å². The van der Waals surface area contributed by atoms with E-state index >= 15 is 0 Å². The first-order valence-electron chi connectivity index (χ1n) is 11.8. The minimum atomic E-state index is -0.753. The van der Waals surface area contributed by atoms with Crippen molar-refractivity contribution in [2.75, 3.05) is 14.1 Å². The minimum absolute atomic E-state index is 0.286. The highest BCUT2D eigenvalue weighted by molar-refractivity contribution is 7.20. The van der Waals surface area contributed by atoms with Gasteiger partial charge >= 0.3 is 17.9 Å². The monoisotopic (exact) mass is 497 g/mol. The van der Waals surface area contributed by atoms with E-state index in [2.05, 4.69) is 0 Å². The van der Waals surface area contributed by atoms with Crippen molar-refractivity contribution < 1.29 is 33.3 Å². The van der Waals surface area contributed by atoms with E-state index in [4.69, 9.17) is 18.9 Å². The molecule has 6 rings (SSSR count). The lowest BCUT2D eigenvalue weighted by molar-refractivity contribution is -0.144. The molecule has 0 saturated carbocycles. The summed E-state index contributed by atoms with van der Waals surface area (Å²) >= 11 is 1.37. The molecular weight excluding hydrogens is 470 g/mol. The lowest BCUT2D eigenvalue weighted by Crippen LogP contribution is -2.49. The number of carbonyl (C=O) groups is 3. The van der Waals surface area contributed by atoms with Gasteiger partial charge in [-0.3, -0.25) is 9.69 Å². The molecule has 3 aliphatic heterocycles. The van der Waals surface area contributed by atoms with Gasteiger partial charge in [0.05, 0.1) is 23.1 Å². The first-order valence-corrected chi connectivity index (χ1v) is 12.6. The van der Waals surface area contributed by atoms with Crippen molar-refractivity contribution in [3.63, 3.8) is 0 Å². The highest BCUT2D eigenvalue weighted by atomic mass is 32.1. The molecule has 2 saturated heterocycles. The van der Waals surface area contributed by atoms with Gasteiger partial charge in [0.15, 0.2) is 6.10 Å². The van der Waals surface area contributed by atoms with E-state index in [1.165, 1.54) is 11.3 Å². The number of thiophene rings is 1. The van der Waals surface area contributed by atoms with Crippen molar-refractivity contribution in [3.8, 4) is 0 Å². The number of esters is 3. The topological polar surface area (TPSA) is 94.7 Å². The Bertz CT molecular complexity index is 1230. The van der Waals surface area contributed by atoms with E-state index < -0.39 is 53.9 Å². The summed E-state index contributed by atoms with van der Waals surface area (Å²) in [6.45, 7) is 3.75. The van der Waals surface area contributed by atoms with Crippen LogP contribution in [0.2, 0.25) is 0 Å². The highest BCUT2D eigenvalue weighted by Gasteiger charge is 2.65. The summed E-state index contributed by atoms with van der Waals surface area (Å²) in [5.74, 6) is -1.90. The molecule has 1 aliphatic carbocycles. The Morgan fingerprint density at radius 2 is 1.97 bits per heavy atom. The van der Waals surface area contributed by atoms with Crippen molar-refractivity contribution in [1.29, 1.82) is 0 Å². The Morgan fingerprint density at radius 3 is 2.71 bits per heavy atom. The molecule has 4 heterocycles. The van der Waals surface area contributed by atoms with Crippen molar-refractivity contribution in [3.05, 3.63) is 46.9 Å². The van der Waals surface area contributed by atoms with Crippen LogP contribution in [-0.4, -0.2) is 73.0 Å². The molecule has 2 bridgehead atoms.